The third-order valence-electron chi connectivity index (χ3n) is 5.51. The van der Waals surface area contributed by atoms with Gasteiger partial charge in [-0.25, -0.2) is 5.01 Å². The van der Waals surface area contributed by atoms with Crippen molar-refractivity contribution in [3.05, 3.63) is 89.5 Å². The molecular weight excluding hydrogens is 364 g/mol. The Balaban J connectivity index is 1.61. The number of para-hydroxylation sites is 1. The first-order valence-electron chi connectivity index (χ1n) is 9.67. The van der Waals surface area contributed by atoms with Crippen molar-refractivity contribution in [3.8, 4) is 17.2 Å². The van der Waals surface area contributed by atoms with Crippen molar-refractivity contribution in [2.24, 2.45) is 5.10 Å². The molecule has 0 bridgehead atoms. The van der Waals surface area contributed by atoms with E-state index in [1.54, 1.807) is 14.2 Å². The largest absolute Gasteiger partial charge is 0.497 e. The molecule has 0 N–H and O–H groups in total. The van der Waals surface area contributed by atoms with Gasteiger partial charge >= 0.3 is 0 Å². The summed E-state index contributed by atoms with van der Waals surface area (Å²) in [5, 5.41) is 7.06. The highest BCUT2D eigenvalue weighted by molar-refractivity contribution is 6.01. The van der Waals surface area contributed by atoms with E-state index in [4.69, 9.17) is 19.3 Å². The Labute approximate surface area is 170 Å². The molecule has 29 heavy (non-hydrogen) atoms. The zero-order chi connectivity index (χ0) is 19.8. The summed E-state index contributed by atoms with van der Waals surface area (Å²) < 4.78 is 17.4. The van der Waals surface area contributed by atoms with Crippen molar-refractivity contribution >= 4 is 5.71 Å². The minimum atomic E-state index is -0.378. The van der Waals surface area contributed by atoms with E-state index in [0.29, 0.717) is 0 Å². The van der Waals surface area contributed by atoms with Gasteiger partial charge in [0.1, 0.15) is 17.2 Å². The van der Waals surface area contributed by atoms with Gasteiger partial charge in [-0.1, -0.05) is 48.5 Å². The van der Waals surface area contributed by atoms with Gasteiger partial charge in [0.25, 0.3) is 0 Å². The van der Waals surface area contributed by atoms with Crippen LogP contribution in [-0.4, -0.2) is 24.9 Å². The molecule has 0 unspecified atom stereocenters. The lowest BCUT2D eigenvalue weighted by molar-refractivity contribution is -0.0203. The molecule has 0 radical (unpaired) electrons. The molecule has 2 atom stereocenters. The molecule has 5 rings (SSSR count). The van der Waals surface area contributed by atoms with Crippen LogP contribution in [0.15, 0.2) is 77.9 Å². The van der Waals surface area contributed by atoms with Crippen LogP contribution in [0, 0.1) is 0 Å². The van der Waals surface area contributed by atoms with Crippen LogP contribution in [0.1, 0.15) is 35.4 Å². The van der Waals surface area contributed by atoms with Gasteiger partial charge in [-0.2, -0.15) is 5.10 Å². The quantitative estimate of drug-likeness (QED) is 0.637. The van der Waals surface area contributed by atoms with E-state index in [0.717, 1.165) is 46.1 Å². The Kier molecular flexibility index (Phi) is 4.35. The predicted molar refractivity (Wildman–Crippen MR) is 112 cm³/mol. The molecule has 2 aliphatic heterocycles. The van der Waals surface area contributed by atoms with Gasteiger partial charge in [0, 0.05) is 18.1 Å². The van der Waals surface area contributed by atoms with Gasteiger partial charge in [0.2, 0.25) is 6.23 Å². The summed E-state index contributed by atoms with van der Waals surface area (Å²) in [4.78, 5) is 0. The van der Waals surface area contributed by atoms with E-state index in [9.17, 15) is 0 Å². The van der Waals surface area contributed by atoms with Crippen molar-refractivity contribution in [1.29, 1.82) is 0 Å². The first-order chi connectivity index (χ1) is 14.3. The topological polar surface area (TPSA) is 43.3 Å². The highest BCUT2D eigenvalue weighted by Gasteiger charge is 2.41. The Bertz CT molecular complexity index is 1060. The number of rotatable bonds is 4. The number of hydrogen-bond donors (Lipinski definition) is 0. The van der Waals surface area contributed by atoms with Crippen molar-refractivity contribution in [2.75, 3.05) is 14.2 Å². The molecule has 0 aromatic heterocycles. The molecule has 2 aliphatic rings. The lowest BCUT2D eigenvalue weighted by Gasteiger charge is -2.38. The summed E-state index contributed by atoms with van der Waals surface area (Å²) in [6, 6.07) is 24.4. The molecule has 5 nitrogen and oxygen atoms in total. The fraction of sp³-hybridized carbons (Fsp3) is 0.208. The lowest BCUT2D eigenvalue weighted by Crippen LogP contribution is -2.33. The molecule has 5 heteroatoms. The third kappa shape index (κ3) is 2.99. The Hall–Kier alpha value is -3.47. The molecule has 2 heterocycles. The number of methoxy groups -OCH3 is 2. The lowest BCUT2D eigenvalue weighted by atomic mass is 9.96. The number of benzene rings is 3. The normalized spacial score (nSPS) is 19.7. The van der Waals surface area contributed by atoms with Crippen LogP contribution in [-0.2, 0) is 0 Å². The highest BCUT2D eigenvalue weighted by atomic mass is 16.5. The first kappa shape index (κ1) is 17.6. The third-order valence-corrected chi connectivity index (χ3v) is 5.51. The first-order valence-corrected chi connectivity index (χ1v) is 9.67. The minimum absolute atomic E-state index is 0.118. The summed E-state index contributed by atoms with van der Waals surface area (Å²) in [6.45, 7) is 0. The number of hydrogen-bond acceptors (Lipinski definition) is 5. The van der Waals surface area contributed by atoms with Gasteiger partial charge in [-0.15, -0.1) is 0 Å². The number of hydrazone groups is 1. The molecule has 0 fully saturated rings. The maximum absolute atomic E-state index is 6.43. The number of nitrogens with zero attached hydrogens (tertiary/aromatic N) is 2. The zero-order valence-electron chi connectivity index (χ0n) is 16.4. The van der Waals surface area contributed by atoms with Gasteiger partial charge < -0.3 is 14.2 Å². The fourth-order valence-corrected chi connectivity index (χ4v) is 4.07. The van der Waals surface area contributed by atoms with Gasteiger partial charge in [0.05, 0.1) is 31.5 Å². The summed E-state index contributed by atoms with van der Waals surface area (Å²) in [5.74, 6) is 2.35. The maximum Gasteiger partial charge on any atom is 0.217 e. The van der Waals surface area contributed by atoms with Crippen molar-refractivity contribution in [1.82, 2.24) is 5.01 Å². The average molecular weight is 386 g/mol. The molecule has 0 amide bonds. The van der Waals surface area contributed by atoms with E-state index >= 15 is 0 Å². The van der Waals surface area contributed by atoms with Crippen LogP contribution in [0.4, 0.5) is 0 Å². The summed E-state index contributed by atoms with van der Waals surface area (Å²) in [6.07, 6.45) is 0.455. The summed E-state index contributed by atoms with van der Waals surface area (Å²) in [7, 11) is 3.31. The predicted octanol–water partition coefficient (Wildman–Crippen LogP) is 4.95. The monoisotopic (exact) mass is 386 g/mol. The molecule has 0 spiro atoms. The van der Waals surface area contributed by atoms with Crippen LogP contribution in [0.25, 0.3) is 0 Å². The second-order valence-electron chi connectivity index (χ2n) is 7.13. The number of fused-ring (bicyclic) bond motifs is 3. The van der Waals surface area contributed by atoms with Crippen molar-refractivity contribution in [3.63, 3.8) is 0 Å². The van der Waals surface area contributed by atoms with Crippen LogP contribution in [0.5, 0.6) is 17.2 Å². The number of ether oxygens (including phenoxy) is 3. The van der Waals surface area contributed by atoms with Crippen LogP contribution in [0.2, 0.25) is 0 Å². The van der Waals surface area contributed by atoms with E-state index in [1.165, 1.54) is 0 Å². The second-order valence-corrected chi connectivity index (χ2v) is 7.13. The van der Waals surface area contributed by atoms with Crippen molar-refractivity contribution in [2.45, 2.75) is 18.7 Å². The summed E-state index contributed by atoms with van der Waals surface area (Å²) >= 11 is 0. The Morgan fingerprint density at radius 3 is 2.48 bits per heavy atom. The van der Waals surface area contributed by atoms with Gasteiger partial charge in [0.15, 0.2) is 0 Å². The maximum atomic E-state index is 6.43. The van der Waals surface area contributed by atoms with Crippen LogP contribution in [0.3, 0.4) is 0 Å². The van der Waals surface area contributed by atoms with Crippen molar-refractivity contribution < 1.29 is 14.2 Å². The van der Waals surface area contributed by atoms with Crippen LogP contribution < -0.4 is 14.2 Å². The smallest absolute Gasteiger partial charge is 0.217 e. The van der Waals surface area contributed by atoms with E-state index in [1.807, 2.05) is 48.5 Å². The molecule has 0 aliphatic carbocycles. The zero-order valence-corrected chi connectivity index (χ0v) is 16.4. The second kappa shape index (κ2) is 7.17. The van der Waals surface area contributed by atoms with E-state index < -0.39 is 0 Å². The SMILES string of the molecule is COc1ccc([C@H]2Oc3ccccc3[C@H]3CC(c4ccccc4)=NN32)c(OC)c1. The molecule has 0 saturated heterocycles. The molecule has 3 aromatic rings. The van der Waals surface area contributed by atoms with E-state index in [-0.39, 0.29) is 12.3 Å². The summed E-state index contributed by atoms with van der Waals surface area (Å²) in [5.41, 5.74) is 4.28. The molecule has 3 aromatic carbocycles. The molecule has 146 valence electrons. The minimum Gasteiger partial charge on any atom is -0.497 e. The standard InChI is InChI=1S/C24H22N2O3/c1-27-17-12-13-19(23(14-17)28-2)24-26-21(18-10-6-7-11-22(18)29-24)15-20(25-26)16-8-4-3-5-9-16/h3-14,21,24H,15H2,1-2H3/t21-,24-/m1/s1. The van der Waals surface area contributed by atoms with Crippen LogP contribution >= 0.6 is 0 Å². The Morgan fingerprint density at radius 1 is 0.897 bits per heavy atom. The molecular formula is C24H22N2O3. The Morgan fingerprint density at radius 2 is 1.69 bits per heavy atom. The van der Waals surface area contributed by atoms with Gasteiger partial charge in [-0.3, -0.25) is 0 Å². The van der Waals surface area contributed by atoms with E-state index in [2.05, 4.69) is 29.3 Å². The fourth-order valence-electron chi connectivity index (χ4n) is 4.07. The molecule has 0 saturated carbocycles. The average Bonchev–Trinajstić information content (AvgIpc) is 3.24. The van der Waals surface area contributed by atoms with Gasteiger partial charge in [-0.05, 0) is 23.8 Å². The highest BCUT2D eigenvalue weighted by Crippen LogP contribution is 2.49.